The second-order valence-electron chi connectivity index (χ2n) is 4.43. The molecule has 1 unspecified atom stereocenters. The quantitative estimate of drug-likeness (QED) is 0.830. The van der Waals surface area contributed by atoms with Crippen LogP contribution in [0, 0.1) is 11.7 Å². The summed E-state index contributed by atoms with van der Waals surface area (Å²) in [5.74, 6) is -0.352. The van der Waals surface area contributed by atoms with Crippen molar-refractivity contribution in [3.63, 3.8) is 0 Å². The maximum atomic E-state index is 13.4. The van der Waals surface area contributed by atoms with E-state index in [0.29, 0.717) is 11.2 Å². The fourth-order valence-electron chi connectivity index (χ4n) is 1.64. The molecule has 2 nitrogen and oxygen atoms in total. The highest BCUT2D eigenvalue weighted by Crippen LogP contribution is 2.10. The van der Waals surface area contributed by atoms with Gasteiger partial charge >= 0.3 is 0 Å². The van der Waals surface area contributed by atoms with Crippen molar-refractivity contribution in [3.05, 3.63) is 35.6 Å². The van der Waals surface area contributed by atoms with Crippen LogP contribution in [0.3, 0.4) is 0 Å². The summed E-state index contributed by atoms with van der Waals surface area (Å²) in [6.45, 7) is 4.18. The van der Waals surface area contributed by atoms with Crippen LogP contribution in [0.5, 0.6) is 0 Å². The number of nitrogens with one attached hydrogen (secondary N) is 1. The Bertz CT molecular complexity index is 381. The Kier molecular flexibility index (Phi) is 5.62. The molecule has 1 N–H and O–H groups in total. The molecule has 1 rings (SSSR count). The van der Waals surface area contributed by atoms with Crippen molar-refractivity contribution in [2.24, 2.45) is 5.92 Å². The smallest absolute Gasteiger partial charge is 0.254 e. The van der Waals surface area contributed by atoms with E-state index in [1.165, 1.54) is 12.1 Å². The van der Waals surface area contributed by atoms with Crippen LogP contribution in [0.1, 0.15) is 30.6 Å². The second-order valence-corrected chi connectivity index (χ2v) is 5.08. The molecule has 0 radical (unpaired) electrons. The van der Waals surface area contributed by atoms with Gasteiger partial charge in [0.1, 0.15) is 5.82 Å². The van der Waals surface area contributed by atoms with Crippen molar-refractivity contribution in [1.29, 1.82) is 0 Å². The maximum Gasteiger partial charge on any atom is 0.254 e. The number of carbonyl (C=O) groups is 1. The van der Waals surface area contributed by atoms with Crippen LogP contribution in [-0.4, -0.2) is 17.3 Å². The summed E-state index contributed by atoms with van der Waals surface area (Å²) in [5.41, 5.74) is 0.0993. The fraction of sp³-hybridized carbons (Fsp3) is 0.462. The summed E-state index contributed by atoms with van der Waals surface area (Å²) in [6.07, 6.45) is 0.867. The summed E-state index contributed by atoms with van der Waals surface area (Å²) in [6, 6.07) is 6.04. The third-order valence-corrected chi connectivity index (χ3v) is 3.18. The van der Waals surface area contributed by atoms with Gasteiger partial charge in [0.25, 0.3) is 5.91 Å². The summed E-state index contributed by atoms with van der Waals surface area (Å²) >= 11 is 3.36. The predicted molar refractivity (Wildman–Crippen MR) is 70.9 cm³/mol. The first kappa shape index (κ1) is 14.2. The van der Waals surface area contributed by atoms with Gasteiger partial charge < -0.3 is 5.32 Å². The second kappa shape index (κ2) is 6.74. The molecule has 0 saturated heterocycles. The van der Waals surface area contributed by atoms with Crippen LogP contribution >= 0.6 is 15.9 Å². The van der Waals surface area contributed by atoms with E-state index in [2.05, 4.69) is 35.1 Å². The number of benzene rings is 1. The Hall–Kier alpha value is -0.900. The predicted octanol–water partition coefficient (Wildman–Crippen LogP) is 3.37. The van der Waals surface area contributed by atoms with E-state index in [9.17, 15) is 9.18 Å². The topological polar surface area (TPSA) is 29.1 Å². The highest BCUT2D eigenvalue weighted by Gasteiger charge is 2.16. The molecule has 0 aliphatic carbocycles. The molecule has 94 valence electrons. The van der Waals surface area contributed by atoms with Crippen LogP contribution in [0.4, 0.5) is 4.39 Å². The van der Waals surface area contributed by atoms with Gasteiger partial charge in [0, 0.05) is 11.4 Å². The first-order valence-corrected chi connectivity index (χ1v) is 6.78. The van der Waals surface area contributed by atoms with E-state index in [-0.39, 0.29) is 17.5 Å². The maximum absolute atomic E-state index is 13.4. The standard InChI is InChI=1S/C13H17BrFNO/c1-9(2)7-10(8-14)16-13(17)11-5-3-4-6-12(11)15/h3-6,9-10H,7-8H2,1-2H3,(H,16,17). The van der Waals surface area contributed by atoms with E-state index in [4.69, 9.17) is 0 Å². The number of alkyl halides is 1. The Morgan fingerprint density at radius 2 is 2.06 bits per heavy atom. The highest BCUT2D eigenvalue weighted by atomic mass is 79.9. The summed E-state index contributed by atoms with van der Waals surface area (Å²) < 4.78 is 13.4. The molecule has 17 heavy (non-hydrogen) atoms. The number of hydrogen-bond donors (Lipinski definition) is 1. The zero-order valence-corrected chi connectivity index (χ0v) is 11.6. The highest BCUT2D eigenvalue weighted by molar-refractivity contribution is 9.09. The van der Waals surface area contributed by atoms with Gasteiger partial charge in [-0.15, -0.1) is 0 Å². The molecule has 0 spiro atoms. The summed E-state index contributed by atoms with van der Waals surface area (Å²) in [4.78, 5) is 11.8. The van der Waals surface area contributed by atoms with Crippen molar-refractivity contribution in [2.45, 2.75) is 26.3 Å². The van der Waals surface area contributed by atoms with Crippen molar-refractivity contribution < 1.29 is 9.18 Å². The first-order chi connectivity index (χ1) is 8.04. The molecule has 0 aromatic heterocycles. The molecular formula is C13H17BrFNO. The van der Waals surface area contributed by atoms with Crippen LogP contribution in [0.15, 0.2) is 24.3 Å². The van der Waals surface area contributed by atoms with Crippen LogP contribution in [-0.2, 0) is 0 Å². The lowest BCUT2D eigenvalue weighted by molar-refractivity contribution is 0.0933. The molecule has 0 bridgehead atoms. The van der Waals surface area contributed by atoms with Gasteiger partial charge in [-0.3, -0.25) is 4.79 Å². The van der Waals surface area contributed by atoms with Crippen molar-refractivity contribution >= 4 is 21.8 Å². The monoisotopic (exact) mass is 301 g/mol. The number of amides is 1. The molecule has 0 heterocycles. The van der Waals surface area contributed by atoms with Gasteiger partial charge in [0.2, 0.25) is 0 Å². The van der Waals surface area contributed by atoms with Crippen molar-refractivity contribution in [3.8, 4) is 0 Å². The Balaban J connectivity index is 2.68. The normalized spacial score (nSPS) is 12.5. The molecular weight excluding hydrogens is 285 g/mol. The van der Waals surface area contributed by atoms with E-state index in [1.807, 2.05) is 0 Å². The molecule has 0 saturated carbocycles. The number of hydrogen-bond acceptors (Lipinski definition) is 1. The lowest BCUT2D eigenvalue weighted by Crippen LogP contribution is -2.37. The minimum Gasteiger partial charge on any atom is -0.348 e. The van der Waals surface area contributed by atoms with E-state index >= 15 is 0 Å². The first-order valence-electron chi connectivity index (χ1n) is 5.66. The zero-order valence-electron chi connectivity index (χ0n) is 10.0. The van der Waals surface area contributed by atoms with Crippen molar-refractivity contribution in [2.75, 3.05) is 5.33 Å². The van der Waals surface area contributed by atoms with Gasteiger partial charge in [-0.25, -0.2) is 4.39 Å². The molecule has 0 fully saturated rings. The number of rotatable bonds is 5. The molecule has 0 aliphatic rings. The van der Waals surface area contributed by atoms with Gasteiger partial charge in [-0.1, -0.05) is 41.9 Å². The Morgan fingerprint density at radius 3 is 2.59 bits per heavy atom. The minimum atomic E-state index is -0.483. The lowest BCUT2D eigenvalue weighted by atomic mass is 10.0. The average molecular weight is 302 g/mol. The van der Waals surface area contributed by atoms with E-state index in [0.717, 1.165) is 6.42 Å². The van der Waals surface area contributed by atoms with Gasteiger partial charge in [-0.2, -0.15) is 0 Å². The van der Waals surface area contributed by atoms with E-state index < -0.39 is 5.82 Å². The van der Waals surface area contributed by atoms with Gasteiger partial charge in [0.15, 0.2) is 0 Å². The minimum absolute atomic E-state index is 0.0297. The number of carbonyl (C=O) groups excluding carboxylic acids is 1. The zero-order chi connectivity index (χ0) is 12.8. The fourth-order valence-corrected chi connectivity index (χ4v) is 2.06. The molecule has 1 amide bonds. The van der Waals surface area contributed by atoms with Crippen LogP contribution in [0.2, 0.25) is 0 Å². The third kappa shape index (κ3) is 4.46. The van der Waals surface area contributed by atoms with Crippen LogP contribution < -0.4 is 5.32 Å². The largest absolute Gasteiger partial charge is 0.348 e. The SMILES string of the molecule is CC(C)CC(CBr)NC(=O)c1ccccc1F. The van der Waals surface area contributed by atoms with E-state index in [1.54, 1.807) is 12.1 Å². The van der Waals surface area contributed by atoms with Gasteiger partial charge in [-0.05, 0) is 24.5 Å². The molecule has 0 aliphatic heterocycles. The Morgan fingerprint density at radius 1 is 1.41 bits per heavy atom. The van der Waals surface area contributed by atoms with Crippen LogP contribution in [0.25, 0.3) is 0 Å². The summed E-state index contributed by atoms with van der Waals surface area (Å²) in [5, 5.41) is 3.50. The lowest BCUT2D eigenvalue weighted by Gasteiger charge is -2.18. The average Bonchev–Trinajstić information content (AvgIpc) is 2.27. The van der Waals surface area contributed by atoms with Crippen molar-refractivity contribution in [1.82, 2.24) is 5.32 Å². The Labute approximate surface area is 110 Å². The number of halogens is 2. The third-order valence-electron chi connectivity index (χ3n) is 2.40. The van der Waals surface area contributed by atoms with Gasteiger partial charge in [0.05, 0.1) is 5.56 Å². The molecule has 1 aromatic carbocycles. The molecule has 4 heteroatoms. The summed E-state index contributed by atoms with van der Waals surface area (Å²) in [7, 11) is 0. The molecule has 1 atom stereocenters. The molecule has 1 aromatic rings.